The van der Waals surface area contributed by atoms with Crippen LogP contribution in [0.1, 0.15) is 24.5 Å². The Kier molecular flexibility index (Phi) is 5.93. The van der Waals surface area contributed by atoms with Gasteiger partial charge in [-0.2, -0.15) is 0 Å². The SMILES string of the molecule is C[C@H](C(=O)NCc1ccc2nc(N)[nH]c2c1)C(CCc1ccccc1)C(N)=O. The number of imidazole rings is 1. The highest BCUT2D eigenvalue weighted by molar-refractivity contribution is 5.86. The summed E-state index contributed by atoms with van der Waals surface area (Å²) in [5.41, 5.74) is 14.8. The fourth-order valence-corrected chi connectivity index (χ4v) is 3.32. The lowest BCUT2D eigenvalue weighted by Crippen LogP contribution is -2.39. The van der Waals surface area contributed by atoms with E-state index in [1.165, 1.54) is 0 Å². The van der Waals surface area contributed by atoms with Gasteiger partial charge < -0.3 is 21.8 Å². The van der Waals surface area contributed by atoms with Gasteiger partial charge in [0.1, 0.15) is 0 Å². The van der Waals surface area contributed by atoms with Crippen molar-refractivity contribution in [3.05, 3.63) is 59.7 Å². The molecule has 1 heterocycles. The van der Waals surface area contributed by atoms with Gasteiger partial charge in [0.25, 0.3) is 0 Å². The molecule has 0 aliphatic rings. The molecule has 2 atom stereocenters. The van der Waals surface area contributed by atoms with Crippen molar-refractivity contribution in [2.45, 2.75) is 26.3 Å². The van der Waals surface area contributed by atoms with Gasteiger partial charge in [0.2, 0.25) is 11.8 Å². The number of H-pyrrole nitrogens is 1. The highest BCUT2D eigenvalue weighted by Crippen LogP contribution is 2.20. The number of aromatic amines is 1. The predicted molar refractivity (Wildman–Crippen MR) is 109 cm³/mol. The van der Waals surface area contributed by atoms with E-state index in [1.807, 2.05) is 48.5 Å². The second-order valence-electron chi connectivity index (χ2n) is 7.01. The topological polar surface area (TPSA) is 127 Å². The fraction of sp³-hybridized carbons (Fsp3) is 0.286. The van der Waals surface area contributed by atoms with Gasteiger partial charge in [-0.25, -0.2) is 4.98 Å². The molecule has 28 heavy (non-hydrogen) atoms. The van der Waals surface area contributed by atoms with E-state index in [0.29, 0.717) is 25.3 Å². The van der Waals surface area contributed by atoms with Gasteiger partial charge in [0.05, 0.1) is 11.0 Å². The van der Waals surface area contributed by atoms with E-state index in [9.17, 15) is 9.59 Å². The third-order valence-electron chi connectivity index (χ3n) is 5.00. The standard InChI is InChI=1S/C21H25N5O2/c1-13(16(19(22)27)9-7-14-5-3-2-4-6-14)20(28)24-12-15-8-10-17-18(11-15)26-21(23)25-17/h2-6,8,10-11,13,16H,7,9,12H2,1H3,(H2,22,27)(H,24,28)(H3,23,25,26)/t13-,16?/m0/s1. The van der Waals surface area contributed by atoms with Crippen molar-refractivity contribution in [3.8, 4) is 0 Å². The Morgan fingerprint density at radius 2 is 1.89 bits per heavy atom. The molecule has 0 fully saturated rings. The van der Waals surface area contributed by atoms with Crippen LogP contribution < -0.4 is 16.8 Å². The Morgan fingerprint density at radius 3 is 2.61 bits per heavy atom. The lowest BCUT2D eigenvalue weighted by molar-refractivity contribution is -0.133. The maximum Gasteiger partial charge on any atom is 0.223 e. The number of aromatic nitrogens is 2. The minimum Gasteiger partial charge on any atom is -0.369 e. The number of nitrogen functional groups attached to an aromatic ring is 1. The predicted octanol–water partition coefficient (Wildman–Crippen LogP) is 2.13. The summed E-state index contributed by atoms with van der Waals surface area (Å²) >= 11 is 0. The lowest BCUT2D eigenvalue weighted by atomic mass is 9.87. The zero-order chi connectivity index (χ0) is 20.1. The first kappa shape index (κ1) is 19.4. The number of nitrogens with zero attached hydrogens (tertiary/aromatic N) is 1. The summed E-state index contributed by atoms with van der Waals surface area (Å²) in [5.74, 6) is -1.32. The quantitative estimate of drug-likeness (QED) is 0.478. The molecule has 0 aliphatic carbocycles. The van der Waals surface area contributed by atoms with Crippen molar-refractivity contribution in [3.63, 3.8) is 0 Å². The molecular formula is C21H25N5O2. The molecule has 1 aromatic heterocycles. The van der Waals surface area contributed by atoms with Gasteiger partial charge in [0.15, 0.2) is 5.95 Å². The number of carbonyl (C=O) groups is 2. The first-order chi connectivity index (χ1) is 13.4. The molecule has 2 amide bonds. The van der Waals surface area contributed by atoms with Gasteiger partial charge in [-0.05, 0) is 36.1 Å². The summed E-state index contributed by atoms with van der Waals surface area (Å²) in [6.45, 7) is 2.09. The number of rotatable bonds is 8. The molecular weight excluding hydrogens is 354 g/mol. The van der Waals surface area contributed by atoms with Crippen LogP contribution in [-0.4, -0.2) is 21.8 Å². The van der Waals surface area contributed by atoms with Crippen molar-refractivity contribution in [1.82, 2.24) is 15.3 Å². The summed E-state index contributed by atoms with van der Waals surface area (Å²) in [6, 6.07) is 15.5. The number of hydrogen-bond acceptors (Lipinski definition) is 4. The lowest BCUT2D eigenvalue weighted by Gasteiger charge is -2.20. The van der Waals surface area contributed by atoms with Crippen LogP contribution in [0.15, 0.2) is 48.5 Å². The van der Waals surface area contributed by atoms with Gasteiger partial charge in [-0.1, -0.05) is 43.3 Å². The molecule has 146 valence electrons. The van der Waals surface area contributed by atoms with Crippen LogP contribution in [0.3, 0.4) is 0 Å². The number of primary amides is 1. The Balaban J connectivity index is 1.59. The molecule has 0 spiro atoms. The molecule has 0 radical (unpaired) electrons. The molecule has 3 aromatic rings. The highest BCUT2D eigenvalue weighted by atomic mass is 16.2. The van der Waals surface area contributed by atoms with Crippen LogP contribution in [0.5, 0.6) is 0 Å². The summed E-state index contributed by atoms with van der Waals surface area (Å²) in [4.78, 5) is 31.6. The normalized spacial score (nSPS) is 13.2. The van der Waals surface area contributed by atoms with Crippen molar-refractivity contribution in [1.29, 1.82) is 0 Å². The van der Waals surface area contributed by atoms with Gasteiger partial charge in [-0.15, -0.1) is 0 Å². The highest BCUT2D eigenvalue weighted by Gasteiger charge is 2.28. The smallest absolute Gasteiger partial charge is 0.223 e. The Bertz CT molecular complexity index is 967. The maximum atomic E-state index is 12.6. The van der Waals surface area contributed by atoms with Crippen molar-refractivity contribution < 1.29 is 9.59 Å². The number of amides is 2. The van der Waals surface area contributed by atoms with Crippen LogP contribution in [-0.2, 0) is 22.6 Å². The molecule has 3 rings (SSSR count). The number of nitrogens with two attached hydrogens (primary N) is 2. The van der Waals surface area contributed by atoms with E-state index in [4.69, 9.17) is 11.5 Å². The van der Waals surface area contributed by atoms with Crippen LogP contribution in [0.2, 0.25) is 0 Å². The number of aryl methyl sites for hydroxylation is 1. The molecule has 0 aliphatic heterocycles. The van der Waals surface area contributed by atoms with Gasteiger partial charge in [0, 0.05) is 18.4 Å². The molecule has 0 bridgehead atoms. The number of nitrogens with one attached hydrogen (secondary N) is 2. The number of anilines is 1. The van der Waals surface area contributed by atoms with E-state index >= 15 is 0 Å². The second-order valence-corrected chi connectivity index (χ2v) is 7.01. The first-order valence-electron chi connectivity index (χ1n) is 9.29. The molecule has 7 nitrogen and oxygen atoms in total. The van der Waals surface area contributed by atoms with E-state index in [1.54, 1.807) is 6.92 Å². The van der Waals surface area contributed by atoms with Gasteiger partial charge in [-0.3, -0.25) is 9.59 Å². The Labute approximate surface area is 163 Å². The number of hydrogen-bond donors (Lipinski definition) is 4. The van der Waals surface area contributed by atoms with Crippen molar-refractivity contribution >= 4 is 28.8 Å². The molecule has 2 aromatic carbocycles. The average Bonchev–Trinajstić information content (AvgIpc) is 3.05. The van der Waals surface area contributed by atoms with Crippen LogP contribution in [0.25, 0.3) is 11.0 Å². The molecule has 7 heteroatoms. The van der Waals surface area contributed by atoms with Crippen LogP contribution in [0.4, 0.5) is 5.95 Å². The van der Waals surface area contributed by atoms with E-state index in [-0.39, 0.29) is 5.91 Å². The number of benzene rings is 2. The number of fused-ring (bicyclic) bond motifs is 1. The molecule has 1 unspecified atom stereocenters. The Hall–Kier alpha value is -3.35. The van der Waals surface area contributed by atoms with E-state index in [0.717, 1.165) is 22.2 Å². The Morgan fingerprint density at radius 1 is 1.14 bits per heavy atom. The minimum absolute atomic E-state index is 0.193. The molecule has 0 saturated heterocycles. The van der Waals surface area contributed by atoms with E-state index in [2.05, 4.69) is 15.3 Å². The first-order valence-corrected chi connectivity index (χ1v) is 9.29. The zero-order valence-corrected chi connectivity index (χ0v) is 15.8. The van der Waals surface area contributed by atoms with Gasteiger partial charge >= 0.3 is 0 Å². The fourth-order valence-electron chi connectivity index (χ4n) is 3.32. The monoisotopic (exact) mass is 379 g/mol. The van der Waals surface area contributed by atoms with Crippen LogP contribution in [0, 0.1) is 11.8 Å². The van der Waals surface area contributed by atoms with E-state index < -0.39 is 17.7 Å². The van der Waals surface area contributed by atoms with Crippen molar-refractivity contribution in [2.75, 3.05) is 5.73 Å². The second kappa shape index (κ2) is 8.56. The molecule has 6 N–H and O–H groups in total. The minimum atomic E-state index is -0.518. The summed E-state index contributed by atoms with van der Waals surface area (Å²) in [7, 11) is 0. The van der Waals surface area contributed by atoms with Crippen LogP contribution >= 0.6 is 0 Å². The third kappa shape index (κ3) is 4.68. The van der Waals surface area contributed by atoms with Crippen molar-refractivity contribution in [2.24, 2.45) is 17.6 Å². The maximum absolute atomic E-state index is 12.6. The molecule has 0 saturated carbocycles. The number of carbonyl (C=O) groups excluding carboxylic acids is 2. The summed E-state index contributed by atoms with van der Waals surface area (Å²) in [5, 5.41) is 2.89. The summed E-state index contributed by atoms with van der Waals surface area (Å²) < 4.78 is 0. The zero-order valence-electron chi connectivity index (χ0n) is 15.8. The average molecular weight is 379 g/mol. The largest absolute Gasteiger partial charge is 0.369 e. The third-order valence-corrected chi connectivity index (χ3v) is 5.00. The summed E-state index contributed by atoms with van der Waals surface area (Å²) in [6.07, 6.45) is 1.23.